The molecule has 102 valence electrons. The Kier molecular flexibility index (Phi) is 4.49. The van der Waals surface area contributed by atoms with Crippen LogP contribution in [0.3, 0.4) is 0 Å². The van der Waals surface area contributed by atoms with Crippen molar-refractivity contribution in [1.29, 1.82) is 0 Å². The molecule has 1 aliphatic rings. The fraction of sp³-hybridized carbons (Fsp3) is 1.00. The van der Waals surface area contributed by atoms with Crippen LogP contribution >= 0.6 is 0 Å². The van der Waals surface area contributed by atoms with E-state index in [1.54, 1.807) is 20.8 Å². The van der Waals surface area contributed by atoms with E-state index in [1.165, 1.54) is 0 Å². The Hall–Kier alpha value is -0.270. The van der Waals surface area contributed by atoms with Gasteiger partial charge in [0.25, 0.3) is 0 Å². The van der Waals surface area contributed by atoms with Gasteiger partial charge in [0.15, 0.2) is 12.5 Å². The van der Waals surface area contributed by atoms with Crippen molar-refractivity contribution >= 4 is 0 Å². The van der Waals surface area contributed by atoms with Gasteiger partial charge in [0.2, 0.25) is 0 Å². The predicted molar refractivity (Wildman–Crippen MR) is 58.1 cm³/mol. The maximum absolute atomic E-state index is 13.7. The quantitative estimate of drug-likeness (QED) is 0.657. The van der Waals surface area contributed by atoms with Crippen LogP contribution < -0.4 is 0 Å². The fourth-order valence-corrected chi connectivity index (χ4v) is 1.73. The van der Waals surface area contributed by atoms with Crippen molar-refractivity contribution in [2.75, 3.05) is 13.2 Å². The lowest BCUT2D eigenvalue weighted by atomic mass is 9.91. The molecular weight excluding hydrogens is 231 g/mol. The number of aliphatic hydroxyl groups excluding tert-OH is 3. The molecule has 0 bridgehead atoms. The van der Waals surface area contributed by atoms with Crippen LogP contribution in [0.15, 0.2) is 0 Å². The molecule has 3 atom stereocenters. The molecule has 1 rings (SSSR count). The monoisotopic (exact) mass is 252 g/mol. The molecule has 1 fully saturated rings. The lowest BCUT2D eigenvalue weighted by molar-refractivity contribution is -0.319. The highest BCUT2D eigenvalue weighted by Gasteiger charge is 2.48. The zero-order valence-electron chi connectivity index (χ0n) is 10.4. The maximum Gasteiger partial charge on any atom is 0.192 e. The minimum absolute atomic E-state index is 0.162. The zero-order chi connectivity index (χ0) is 13.3. The Morgan fingerprint density at radius 3 is 2.29 bits per heavy atom. The Morgan fingerprint density at radius 2 is 1.88 bits per heavy atom. The van der Waals surface area contributed by atoms with E-state index in [4.69, 9.17) is 9.47 Å². The minimum atomic E-state index is -1.69. The van der Waals surface area contributed by atoms with Gasteiger partial charge in [-0.15, -0.1) is 0 Å². The molecule has 0 aromatic heterocycles. The highest BCUT2D eigenvalue weighted by Crippen LogP contribution is 2.33. The number of alkyl halides is 1. The van der Waals surface area contributed by atoms with Crippen LogP contribution in [0.25, 0.3) is 0 Å². The Balaban J connectivity index is 2.81. The first-order valence-electron chi connectivity index (χ1n) is 5.62. The minimum Gasteiger partial charge on any atom is -0.393 e. The SMILES string of the molecule is CC(C)(C)O[C@@H]1OC(CO)(CO)CC(O)C1F. The number of rotatable bonds is 3. The topological polar surface area (TPSA) is 79.2 Å². The van der Waals surface area contributed by atoms with Gasteiger partial charge in [-0.3, -0.25) is 0 Å². The second-order valence-electron chi connectivity index (χ2n) is 5.43. The first-order valence-corrected chi connectivity index (χ1v) is 5.62. The van der Waals surface area contributed by atoms with Crippen LogP contribution in [0.4, 0.5) is 4.39 Å². The molecule has 17 heavy (non-hydrogen) atoms. The van der Waals surface area contributed by atoms with Crippen molar-refractivity contribution in [2.45, 2.75) is 57.0 Å². The van der Waals surface area contributed by atoms with E-state index in [2.05, 4.69) is 0 Å². The molecule has 1 heterocycles. The normalized spacial score (nSPS) is 33.7. The van der Waals surface area contributed by atoms with Crippen LogP contribution in [-0.2, 0) is 9.47 Å². The van der Waals surface area contributed by atoms with Crippen LogP contribution in [-0.4, -0.2) is 58.3 Å². The molecule has 6 heteroatoms. The number of ether oxygens (including phenoxy) is 2. The predicted octanol–water partition coefficient (Wildman–Crippen LogP) is -0.0297. The summed E-state index contributed by atoms with van der Waals surface area (Å²) < 4.78 is 24.3. The van der Waals surface area contributed by atoms with Crippen LogP contribution in [0.1, 0.15) is 27.2 Å². The molecule has 5 nitrogen and oxygen atoms in total. The average Bonchev–Trinajstić information content (AvgIpc) is 2.22. The van der Waals surface area contributed by atoms with E-state index in [1.807, 2.05) is 0 Å². The number of aliphatic hydroxyl groups is 3. The molecule has 0 amide bonds. The molecule has 0 aromatic carbocycles. The van der Waals surface area contributed by atoms with E-state index in [9.17, 15) is 19.7 Å². The van der Waals surface area contributed by atoms with Crippen LogP contribution in [0.2, 0.25) is 0 Å². The summed E-state index contributed by atoms with van der Waals surface area (Å²) in [5.41, 5.74) is -2.00. The van der Waals surface area contributed by atoms with Crippen molar-refractivity contribution in [3.05, 3.63) is 0 Å². The molecule has 0 spiro atoms. The van der Waals surface area contributed by atoms with E-state index < -0.39 is 43.0 Å². The molecule has 1 aliphatic heterocycles. The molecule has 2 unspecified atom stereocenters. The molecule has 3 N–H and O–H groups in total. The summed E-state index contributed by atoms with van der Waals surface area (Å²) in [5, 5.41) is 28.0. The lowest BCUT2D eigenvalue weighted by Gasteiger charge is -2.44. The number of hydrogen-bond donors (Lipinski definition) is 3. The Morgan fingerprint density at radius 1 is 1.35 bits per heavy atom. The lowest BCUT2D eigenvalue weighted by Crippen LogP contribution is -2.58. The van der Waals surface area contributed by atoms with Crippen molar-refractivity contribution in [3.8, 4) is 0 Å². The van der Waals surface area contributed by atoms with Gasteiger partial charge < -0.3 is 24.8 Å². The highest BCUT2D eigenvalue weighted by atomic mass is 19.1. The van der Waals surface area contributed by atoms with Gasteiger partial charge >= 0.3 is 0 Å². The summed E-state index contributed by atoms with van der Waals surface area (Å²) >= 11 is 0. The third kappa shape index (κ3) is 3.59. The maximum atomic E-state index is 13.7. The fourth-order valence-electron chi connectivity index (χ4n) is 1.73. The second-order valence-corrected chi connectivity index (χ2v) is 5.43. The van der Waals surface area contributed by atoms with Crippen LogP contribution in [0, 0.1) is 0 Å². The molecule has 0 aliphatic carbocycles. The summed E-state index contributed by atoms with van der Waals surface area (Å²) in [6.45, 7) is 4.17. The van der Waals surface area contributed by atoms with E-state index in [0.717, 1.165) is 0 Å². The molecule has 0 aromatic rings. The molecule has 0 saturated carbocycles. The van der Waals surface area contributed by atoms with Crippen molar-refractivity contribution in [3.63, 3.8) is 0 Å². The van der Waals surface area contributed by atoms with Gasteiger partial charge in [0.05, 0.1) is 24.9 Å². The van der Waals surface area contributed by atoms with E-state index >= 15 is 0 Å². The smallest absolute Gasteiger partial charge is 0.192 e. The van der Waals surface area contributed by atoms with Crippen molar-refractivity contribution in [2.24, 2.45) is 0 Å². The Labute approximate surface area is 100 Å². The van der Waals surface area contributed by atoms with Gasteiger partial charge in [-0.25, -0.2) is 4.39 Å². The number of halogens is 1. The largest absolute Gasteiger partial charge is 0.393 e. The Bertz CT molecular complexity index is 249. The first kappa shape index (κ1) is 14.8. The van der Waals surface area contributed by atoms with E-state index in [0.29, 0.717) is 0 Å². The van der Waals surface area contributed by atoms with Gasteiger partial charge in [-0.05, 0) is 20.8 Å². The number of hydrogen-bond acceptors (Lipinski definition) is 5. The van der Waals surface area contributed by atoms with Gasteiger partial charge in [-0.1, -0.05) is 0 Å². The summed E-state index contributed by atoms with van der Waals surface area (Å²) in [6, 6.07) is 0. The summed E-state index contributed by atoms with van der Waals surface area (Å²) in [5.74, 6) is 0. The third-order valence-electron chi connectivity index (χ3n) is 2.62. The van der Waals surface area contributed by atoms with E-state index in [-0.39, 0.29) is 6.42 Å². The van der Waals surface area contributed by atoms with Gasteiger partial charge in [0, 0.05) is 6.42 Å². The average molecular weight is 252 g/mol. The van der Waals surface area contributed by atoms with Crippen molar-refractivity contribution in [1.82, 2.24) is 0 Å². The van der Waals surface area contributed by atoms with Crippen molar-refractivity contribution < 1.29 is 29.2 Å². The van der Waals surface area contributed by atoms with Gasteiger partial charge in [0.1, 0.15) is 5.60 Å². The molecule has 1 saturated heterocycles. The second kappa shape index (κ2) is 5.16. The summed E-state index contributed by atoms with van der Waals surface area (Å²) in [6.07, 6.45) is -4.47. The molecule has 0 radical (unpaired) electrons. The standard InChI is InChI=1S/C11H21FO5/c1-10(2,3)16-9-8(12)7(15)4-11(5-13,6-14)17-9/h7-9,13-15H,4-6H2,1-3H3/t7?,8?,9-/m1/s1. The molecular formula is C11H21FO5. The first-order chi connectivity index (χ1) is 7.73. The third-order valence-corrected chi connectivity index (χ3v) is 2.62. The summed E-state index contributed by atoms with van der Waals surface area (Å²) in [7, 11) is 0. The zero-order valence-corrected chi connectivity index (χ0v) is 10.4. The van der Waals surface area contributed by atoms with Gasteiger partial charge in [-0.2, -0.15) is 0 Å². The highest BCUT2D eigenvalue weighted by molar-refractivity contribution is 4.92. The summed E-state index contributed by atoms with van der Waals surface area (Å²) in [4.78, 5) is 0. The van der Waals surface area contributed by atoms with Crippen LogP contribution in [0.5, 0.6) is 0 Å².